The van der Waals surface area contributed by atoms with Crippen molar-refractivity contribution in [1.29, 1.82) is 0 Å². The molecule has 14 heavy (non-hydrogen) atoms. The van der Waals surface area contributed by atoms with E-state index in [0.29, 0.717) is 17.9 Å². The molecule has 1 rings (SSSR count). The van der Waals surface area contributed by atoms with Gasteiger partial charge in [0.2, 0.25) is 0 Å². The van der Waals surface area contributed by atoms with Gasteiger partial charge in [0.25, 0.3) is 0 Å². The molecule has 0 amide bonds. The number of carbonyl (C=O) groups is 1. The summed E-state index contributed by atoms with van der Waals surface area (Å²) in [4.78, 5) is 10.7. The van der Waals surface area contributed by atoms with Crippen molar-refractivity contribution in [2.24, 2.45) is 0 Å². The molecule has 0 aliphatic heterocycles. The maximum absolute atomic E-state index is 10.7. The van der Waals surface area contributed by atoms with E-state index in [1.54, 1.807) is 6.07 Å². The van der Waals surface area contributed by atoms with Crippen molar-refractivity contribution < 1.29 is 9.53 Å². The summed E-state index contributed by atoms with van der Waals surface area (Å²) in [5, 5.41) is 0. The minimum absolute atomic E-state index is 0.568. The Morgan fingerprint density at radius 3 is 2.86 bits per heavy atom. The van der Waals surface area contributed by atoms with E-state index in [9.17, 15) is 4.79 Å². The minimum Gasteiger partial charge on any atom is -0.493 e. The van der Waals surface area contributed by atoms with Gasteiger partial charge in [-0.05, 0) is 31.0 Å². The molecule has 2 nitrogen and oxygen atoms in total. The van der Waals surface area contributed by atoms with Gasteiger partial charge in [-0.15, -0.1) is 6.58 Å². The van der Waals surface area contributed by atoms with E-state index in [2.05, 4.69) is 6.58 Å². The van der Waals surface area contributed by atoms with E-state index in [1.165, 1.54) is 0 Å². The molecule has 0 heterocycles. The first-order chi connectivity index (χ1) is 6.81. The van der Waals surface area contributed by atoms with Crippen LogP contribution < -0.4 is 4.74 Å². The lowest BCUT2D eigenvalue weighted by Crippen LogP contribution is -1.97. The molecule has 0 saturated heterocycles. The number of carbonyl (C=O) groups excluding carboxylic acids is 1. The molecule has 2 heteroatoms. The molecule has 0 aliphatic carbocycles. The predicted molar refractivity (Wildman–Crippen MR) is 56.9 cm³/mol. The van der Waals surface area contributed by atoms with Crippen LogP contribution in [0.25, 0.3) is 0 Å². The topological polar surface area (TPSA) is 26.3 Å². The third-order valence-electron chi connectivity index (χ3n) is 1.88. The van der Waals surface area contributed by atoms with Crippen molar-refractivity contribution in [2.45, 2.75) is 13.3 Å². The Hall–Kier alpha value is -1.57. The van der Waals surface area contributed by atoms with Gasteiger partial charge in [-0.1, -0.05) is 12.1 Å². The van der Waals surface area contributed by atoms with Gasteiger partial charge in [-0.3, -0.25) is 4.79 Å². The molecule has 0 N–H and O–H groups in total. The number of aldehydes is 1. The normalized spacial score (nSPS) is 9.50. The van der Waals surface area contributed by atoms with E-state index in [0.717, 1.165) is 18.3 Å². The highest BCUT2D eigenvalue weighted by Crippen LogP contribution is 2.19. The minimum atomic E-state index is 0.568. The Bertz CT molecular complexity index is 329. The highest BCUT2D eigenvalue weighted by molar-refractivity contribution is 5.79. The van der Waals surface area contributed by atoms with Gasteiger partial charge >= 0.3 is 0 Å². The van der Waals surface area contributed by atoms with E-state index in [-0.39, 0.29) is 0 Å². The fourth-order valence-corrected chi connectivity index (χ4v) is 1.25. The highest BCUT2D eigenvalue weighted by atomic mass is 16.5. The Morgan fingerprint density at radius 2 is 2.29 bits per heavy atom. The Labute approximate surface area is 84.2 Å². The maximum Gasteiger partial charge on any atom is 0.153 e. The van der Waals surface area contributed by atoms with Crippen LogP contribution in [-0.4, -0.2) is 12.9 Å². The lowest BCUT2D eigenvalue weighted by molar-refractivity contribution is 0.112. The summed E-state index contributed by atoms with van der Waals surface area (Å²) >= 11 is 0. The van der Waals surface area contributed by atoms with Gasteiger partial charge in [0.1, 0.15) is 5.75 Å². The second-order valence-corrected chi connectivity index (χ2v) is 2.92. The first-order valence-electron chi connectivity index (χ1n) is 4.63. The first kappa shape index (κ1) is 10.5. The second-order valence-electron chi connectivity index (χ2n) is 2.92. The number of rotatable bonds is 5. The standard InChI is InChI=1S/C12H14O2/c1-3-5-10-6-7-11(9-13)12(8-10)14-4-2/h3,6-9H,1,4-5H2,2H3. The molecule has 0 radical (unpaired) electrons. The zero-order valence-corrected chi connectivity index (χ0v) is 8.32. The fraction of sp³-hybridized carbons (Fsp3) is 0.250. The van der Waals surface area contributed by atoms with Crippen LogP contribution in [0.1, 0.15) is 22.8 Å². The van der Waals surface area contributed by atoms with Crippen LogP contribution in [0.4, 0.5) is 0 Å². The van der Waals surface area contributed by atoms with Gasteiger partial charge < -0.3 is 4.74 Å². The van der Waals surface area contributed by atoms with E-state index in [4.69, 9.17) is 4.74 Å². The van der Waals surface area contributed by atoms with Crippen LogP contribution in [0.5, 0.6) is 5.75 Å². The molecule has 0 saturated carbocycles. The van der Waals surface area contributed by atoms with Gasteiger partial charge in [0.15, 0.2) is 6.29 Å². The Balaban J connectivity index is 2.99. The van der Waals surface area contributed by atoms with E-state index in [1.807, 2.05) is 25.1 Å². The van der Waals surface area contributed by atoms with Gasteiger partial charge in [-0.25, -0.2) is 0 Å². The second kappa shape index (κ2) is 5.22. The van der Waals surface area contributed by atoms with Crippen molar-refractivity contribution >= 4 is 6.29 Å². The number of hydrogen-bond donors (Lipinski definition) is 0. The molecule has 0 unspecified atom stereocenters. The molecule has 0 atom stereocenters. The SMILES string of the molecule is C=CCc1ccc(C=O)c(OCC)c1. The lowest BCUT2D eigenvalue weighted by atomic mass is 10.1. The Kier molecular flexibility index (Phi) is 3.92. The highest BCUT2D eigenvalue weighted by Gasteiger charge is 2.02. The lowest BCUT2D eigenvalue weighted by Gasteiger charge is -2.07. The van der Waals surface area contributed by atoms with Crippen LogP contribution in [0.15, 0.2) is 30.9 Å². The van der Waals surface area contributed by atoms with Crippen molar-refractivity contribution in [3.05, 3.63) is 42.0 Å². The summed E-state index contributed by atoms with van der Waals surface area (Å²) in [5.41, 5.74) is 1.70. The third kappa shape index (κ3) is 2.46. The number of ether oxygens (including phenoxy) is 1. The number of benzene rings is 1. The molecule has 0 spiro atoms. The summed E-state index contributed by atoms with van der Waals surface area (Å²) in [5.74, 6) is 0.654. The Morgan fingerprint density at radius 1 is 1.50 bits per heavy atom. The molecular formula is C12H14O2. The summed E-state index contributed by atoms with van der Waals surface area (Å²) in [6.07, 6.45) is 3.42. The van der Waals surface area contributed by atoms with Crippen LogP contribution in [-0.2, 0) is 6.42 Å². The van der Waals surface area contributed by atoms with Crippen LogP contribution in [0, 0.1) is 0 Å². The monoisotopic (exact) mass is 190 g/mol. The van der Waals surface area contributed by atoms with Gasteiger partial charge in [-0.2, -0.15) is 0 Å². The van der Waals surface area contributed by atoms with Crippen LogP contribution in [0.3, 0.4) is 0 Å². The van der Waals surface area contributed by atoms with Crippen molar-refractivity contribution in [1.82, 2.24) is 0 Å². The van der Waals surface area contributed by atoms with Gasteiger partial charge in [0.05, 0.1) is 12.2 Å². The molecule has 0 fully saturated rings. The molecule has 1 aromatic rings. The zero-order valence-electron chi connectivity index (χ0n) is 8.32. The smallest absolute Gasteiger partial charge is 0.153 e. The summed E-state index contributed by atoms with van der Waals surface area (Å²) in [6, 6.07) is 5.57. The maximum atomic E-state index is 10.7. The largest absolute Gasteiger partial charge is 0.493 e. The zero-order chi connectivity index (χ0) is 10.4. The number of allylic oxidation sites excluding steroid dienone is 1. The van der Waals surface area contributed by atoms with Crippen LogP contribution >= 0.6 is 0 Å². The summed E-state index contributed by atoms with van der Waals surface area (Å²) < 4.78 is 5.35. The quantitative estimate of drug-likeness (QED) is 0.527. The number of hydrogen-bond acceptors (Lipinski definition) is 2. The predicted octanol–water partition coefficient (Wildman–Crippen LogP) is 2.63. The first-order valence-corrected chi connectivity index (χ1v) is 4.63. The van der Waals surface area contributed by atoms with Crippen molar-refractivity contribution in [3.8, 4) is 5.75 Å². The van der Waals surface area contributed by atoms with E-state index < -0.39 is 0 Å². The van der Waals surface area contributed by atoms with Crippen LogP contribution in [0.2, 0.25) is 0 Å². The molecular weight excluding hydrogens is 176 g/mol. The van der Waals surface area contributed by atoms with Crippen molar-refractivity contribution in [3.63, 3.8) is 0 Å². The average Bonchev–Trinajstić information content (AvgIpc) is 2.19. The summed E-state index contributed by atoms with van der Waals surface area (Å²) in [6.45, 7) is 6.13. The average molecular weight is 190 g/mol. The third-order valence-corrected chi connectivity index (χ3v) is 1.88. The van der Waals surface area contributed by atoms with Crippen molar-refractivity contribution in [2.75, 3.05) is 6.61 Å². The molecule has 74 valence electrons. The molecule has 1 aromatic carbocycles. The summed E-state index contributed by atoms with van der Waals surface area (Å²) in [7, 11) is 0. The molecule has 0 aliphatic rings. The molecule has 0 bridgehead atoms. The fourth-order valence-electron chi connectivity index (χ4n) is 1.25. The van der Waals surface area contributed by atoms with E-state index >= 15 is 0 Å². The van der Waals surface area contributed by atoms with Gasteiger partial charge in [0, 0.05) is 0 Å². The molecule has 0 aromatic heterocycles.